The smallest absolute Gasteiger partial charge is 0.116 e. The molecule has 0 aliphatic carbocycles. The van der Waals surface area contributed by atoms with Crippen molar-refractivity contribution < 1.29 is 0 Å². The number of halogens is 1. The summed E-state index contributed by atoms with van der Waals surface area (Å²) in [6, 6.07) is 0. The van der Waals surface area contributed by atoms with E-state index in [9.17, 15) is 0 Å². The van der Waals surface area contributed by atoms with Gasteiger partial charge in [0.05, 0.1) is 5.69 Å². The molecule has 2 N–H and O–H groups in total. The Labute approximate surface area is 88.9 Å². The first kappa shape index (κ1) is 10.9. The lowest BCUT2D eigenvalue weighted by Gasteiger charge is -2.17. The zero-order chi connectivity index (χ0) is 10.2. The van der Waals surface area contributed by atoms with Crippen LogP contribution in [-0.4, -0.2) is 0 Å². The Hall–Kier alpha value is -0.210. The summed E-state index contributed by atoms with van der Waals surface area (Å²) in [5.74, 6) is 0. The van der Waals surface area contributed by atoms with Gasteiger partial charge in [-0.25, -0.2) is 0 Å². The molecule has 1 rings (SSSR count). The molecule has 0 atom stereocenters. The first-order valence-corrected chi connectivity index (χ1v) is 5.54. The van der Waals surface area contributed by atoms with Crippen molar-refractivity contribution in [2.45, 2.75) is 34.1 Å². The van der Waals surface area contributed by atoms with Crippen LogP contribution in [-0.2, 0) is 6.42 Å². The zero-order valence-corrected chi connectivity index (χ0v) is 10.1. The summed E-state index contributed by atoms with van der Waals surface area (Å²) in [7, 11) is 0. The summed E-state index contributed by atoms with van der Waals surface area (Å²) < 4.78 is 0.733. The van der Waals surface area contributed by atoms with Gasteiger partial charge in [-0.15, -0.1) is 11.3 Å². The molecule has 0 saturated heterocycles. The van der Waals surface area contributed by atoms with Crippen LogP contribution in [0.1, 0.15) is 31.2 Å². The highest BCUT2D eigenvalue weighted by molar-refractivity contribution is 7.17. The fourth-order valence-electron chi connectivity index (χ4n) is 1.19. The van der Waals surface area contributed by atoms with E-state index < -0.39 is 0 Å². The topological polar surface area (TPSA) is 26.0 Å². The van der Waals surface area contributed by atoms with E-state index in [4.69, 9.17) is 17.3 Å². The van der Waals surface area contributed by atoms with E-state index in [2.05, 4.69) is 20.8 Å². The molecule has 0 amide bonds. The predicted molar refractivity (Wildman–Crippen MR) is 61.6 cm³/mol. The molecular weight excluding hydrogens is 202 g/mol. The van der Waals surface area contributed by atoms with Crippen LogP contribution in [0.15, 0.2) is 0 Å². The SMILES string of the molecule is Cc1c(CC(C)(C)C)sc(Cl)c1N. The predicted octanol–water partition coefficient (Wildman–Crippen LogP) is 3.88. The Balaban J connectivity index is 2.97. The monoisotopic (exact) mass is 217 g/mol. The maximum Gasteiger partial charge on any atom is 0.116 e. The van der Waals surface area contributed by atoms with Gasteiger partial charge in [-0.05, 0) is 24.3 Å². The molecule has 3 heteroatoms. The third kappa shape index (κ3) is 2.61. The highest BCUT2D eigenvalue weighted by atomic mass is 35.5. The minimum atomic E-state index is 0.297. The van der Waals surface area contributed by atoms with Crippen molar-refractivity contribution in [2.24, 2.45) is 5.41 Å². The largest absolute Gasteiger partial charge is 0.397 e. The maximum atomic E-state index is 5.96. The molecule has 0 bridgehead atoms. The summed E-state index contributed by atoms with van der Waals surface area (Å²) in [5.41, 5.74) is 8.01. The van der Waals surface area contributed by atoms with Crippen molar-refractivity contribution in [2.75, 3.05) is 5.73 Å². The number of nitrogens with two attached hydrogens (primary N) is 1. The fraction of sp³-hybridized carbons (Fsp3) is 0.600. The molecule has 0 radical (unpaired) electrons. The Morgan fingerprint density at radius 3 is 2.23 bits per heavy atom. The number of nitrogen functional groups attached to an aromatic ring is 1. The van der Waals surface area contributed by atoms with Crippen LogP contribution in [0, 0.1) is 12.3 Å². The number of hydrogen-bond donors (Lipinski definition) is 1. The average Bonchev–Trinajstić information content (AvgIpc) is 2.15. The van der Waals surface area contributed by atoms with Crippen molar-refractivity contribution in [3.8, 4) is 0 Å². The van der Waals surface area contributed by atoms with Gasteiger partial charge in [-0.2, -0.15) is 0 Å². The van der Waals surface area contributed by atoms with Crippen LogP contribution in [0.4, 0.5) is 5.69 Å². The maximum absolute atomic E-state index is 5.96. The molecule has 1 aromatic rings. The van der Waals surface area contributed by atoms with E-state index in [1.54, 1.807) is 11.3 Å². The molecule has 1 heterocycles. The van der Waals surface area contributed by atoms with Crippen molar-refractivity contribution in [1.82, 2.24) is 0 Å². The van der Waals surface area contributed by atoms with Crippen LogP contribution in [0.5, 0.6) is 0 Å². The van der Waals surface area contributed by atoms with Gasteiger partial charge in [0, 0.05) is 4.88 Å². The van der Waals surface area contributed by atoms with Gasteiger partial charge in [0.25, 0.3) is 0 Å². The lowest BCUT2D eigenvalue weighted by molar-refractivity contribution is 0.414. The van der Waals surface area contributed by atoms with Gasteiger partial charge in [-0.1, -0.05) is 32.4 Å². The summed E-state index contributed by atoms with van der Waals surface area (Å²) in [5, 5.41) is 0. The molecule has 13 heavy (non-hydrogen) atoms. The van der Waals surface area contributed by atoms with Gasteiger partial charge in [0.15, 0.2) is 0 Å². The zero-order valence-electron chi connectivity index (χ0n) is 8.57. The molecule has 74 valence electrons. The third-order valence-electron chi connectivity index (χ3n) is 1.94. The Bertz CT molecular complexity index is 309. The van der Waals surface area contributed by atoms with Gasteiger partial charge >= 0.3 is 0 Å². The molecule has 1 aromatic heterocycles. The molecule has 0 aromatic carbocycles. The minimum Gasteiger partial charge on any atom is -0.397 e. The second-order valence-corrected chi connectivity index (χ2v) is 6.28. The van der Waals surface area contributed by atoms with Crippen LogP contribution in [0.25, 0.3) is 0 Å². The lowest BCUT2D eigenvalue weighted by Crippen LogP contribution is -2.08. The average molecular weight is 218 g/mol. The molecule has 0 spiro atoms. The first-order chi connectivity index (χ1) is 5.81. The number of hydrogen-bond acceptors (Lipinski definition) is 2. The Morgan fingerprint density at radius 1 is 1.38 bits per heavy atom. The van der Waals surface area contributed by atoms with Crippen LogP contribution >= 0.6 is 22.9 Å². The van der Waals surface area contributed by atoms with Crippen molar-refractivity contribution in [1.29, 1.82) is 0 Å². The summed E-state index contributed by atoms with van der Waals surface area (Å²) in [4.78, 5) is 1.31. The number of rotatable bonds is 1. The lowest BCUT2D eigenvalue weighted by atomic mass is 9.90. The second kappa shape index (κ2) is 3.50. The second-order valence-electron chi connectivity index (χ2n) is 4.58. The summed E-state index contributed by atoms with van der Waals surface area (Å²) in [6.45, 7) is 8.70. The molecule has 0 aliphatic heterocycles. The standard InChI is InChI=1S/C10H16ClNS/c1-6-7(5-10(2,3)4)13-9(11)8(6)12/h5,12H2,1-4H3. The van der Waals surface area contributed by atoms with Gasteiger partial charge in [0.1, 0.15) is 4.34 Å². The summed E-state index contributed by atoms with van der Waals surface area (Å²) >= 11 is 7.57. The Kier molecular flexibility index (Phi) is 2.93. The van der Waals surface area contributed by atoms with Crippen LogP contribution in [0.2, 0.25) is 4.34 Å². The van der Waals surface area contributed by atoms with Crippen LogP contribution < -0.4 is 5.73 Å². The Morgan fingerprint density at radius 2 is 1.92 bits per heavy atom. The van der Waals surface area contributed by atoms with E-state index in [0.717, 1.165) is 22.0 Å². The molecule has 0 unspecified atom stereocenters. The molecule has 1 nitrogen and oxygen atoms in total. The van der Waals surface area contributed by atoms with Crippen molar-refractivity contribution in [3.63, 3.8) is 0 Å². The fourth-order valence-corrected chi connectivity index (χ4v) is 2.86. The summed E-state index contributed by atoms with van der Waals surface area (Å²) in [6.07, 6.45) is 1.04. The van der Waals surface area contributed by atoms with E-state index in [-0.39, 0.29) is 0 Å². The van der Waals surface area contributed by atoms with E-state index >= 15 is 0 Å². The van der Waals surface area contributed by atoms with E-state index in [1.165, 1.54) is 4.88 Å². The van der Waals surface area contributed by atoms with E-state index in [1.807, 2.05) is 6.92 Å². The van der Waals surface area contributed by atoms with Crippen LogP contribution in [0.3, 0.4) is 0 Å². The minimum absolute atomic E-state index is 0.297. The number of anilines is 1. The highest BCUT2D eigenvalue weighted by Crippen LogP contribution is 2.37. The normalized spacial score (nSPS) is 12.1. The molecular formula is C10H16ClNS. The van der Waals surface area contributed by atoms with Crippen molar-refractivity contribution in [3.05, 3.63) is 14.8 Å². The van der Waals surface area contributed by atoms with Gasteiger partial charge in [-0.3, -0.25) is 0 Å². The molecule has 0 saturated carbocycles. The first-order valence-electron chi connectivity index (χ1n) is 4.34. The van der Waals surface area contributed by atoms with Gasteiger partial charge in [0.2, 0.25) is 0 Å². The van der Waals surface area contributed by atoms with Gasteiger partial charge < -0.3 is 5.73 Å². The van der Waals surface area contributed by atoms with E-state index in [0.29, 0.717) is 5.41 Å². The number of thiophene rings is 1. The third-order valence-corrected chi connectivity index (χ3v) is 3.47. The van der Waals surface area contributed by atoms with Crippen molar-refractivity contribution >= 4 is 28.6 Å². The molecule has 0 aliphatic rings. The molecule has 0 fully saturated rings. The highest BCUT2D eigenvalue weighted by Gasteiger charge is 2.17. The quantitative estimate of drug-likeness (QED) is 0.759.